The van der Waals surface area contributed by atoms with Crippen LogP contribution in [0, 0.1) is 0 Å². The van der Waals surface area contributed by atoms with Crippen LogP contribution in [0.3, 0.4) is 0 Å². The van der Waals surface area contributed by atoms with E-state index in [1.165, 1.54) is 0 Å². The van der Waals surface area contributed by atoms with Gasteiger partial charge in [0.2, 0.25) is 0 Å². The SMILES string of the molecule is CSNc1cccc(/C=C2/c3ccccc3OCc3c(Cl)cccc32)c1. The van der Waals surface area contributed by atoms with Crippen molar-refractivity contribution < 1.29 is 4.74 Å². The van der Waals surface area contributed by atoms with E-state index in [0.717, 1.165) is 44.3 Å². The number of anilines is 1. The minimum absolute atomic E-state index is 0.470. The predicted octanol–water partition coefficient (Wildman–Crippen LogP) is 6.51. The van der Waals surface area contributed by atoms with Crippen molar-refractivity contribution in [3.63, 3.8) is 0 Å². The largest absolute Gasteiger partial charge is 0.488 e. The van der Waals surface area contributed by atoms with Gasteiger partial charge in [-0.15, -0.1) is 0 Å². The van der Waals surface area contributed by atoms with Crippen LogP contribution in [0.25, 0.3) is 11.6 Å². The summed E-state index contributed by atoms with van der Waals surface area (Å²) < 4.78 is 9.33. The summed E-state index contributed by atoms with van der Waals surface area (Å²) in [5.74, 6) is 0.879. The van der Waals surface area contributed by atoms with Crippen LogP contribution in [0.15, 0.2) is 66.7 Å². The number of hydrogen-bond donors (Lipinski definition) is 1. The number of fused-ring (bicyclic) bond motifs is 2. The first kappa shape index (κ1) is 17.1. The Bertz CT molecular complexity index is 983. The lowest BCUT2D eigenvalue weighted by atomic mass is 9.92. The molecule has 0 aromatic heterocycles. The fourth-order valence-corrected chi connectivity index (χ4v) is 3.79. The van der Waals surface area contributed by atoms with Gasteiger partial charge >= 0.3 is 0 Å². The third-order valence-electron chi connectivity index (χ3n) is 4.38. The van der Waals surface area contributed by atoms with Crippen molar-refractivity contribution in [1.29, 1.82) is 0 Å². The van der Waals surface area contributed by atoms with Gasteiger partial charge in [0, 0.05) is 28.1 Å². The van der Waals surface area contributed by atoms with Crippen LogP contribution in [0.4, 0.5) is 5.69 Å². The van der Waals surface area contributed by atoms with Crippen LogP contribution in [-0.4, -0.2) is 6.26 Å². The van der Waals surface area contributed by atoms with Gasteiger partial charge in [0.05, 0.1) is 0 Å². The van der Waals surface area contributed by atoms with Crippen LogP contribution >= 0.6 is 23.5 Å². The number of para-hydroxylation sites is 1. The molecule has 3 aromatic rings. The molecule has 4 rings (SSSR count). The lowest BCUT2D eigenvalue weighted by molar-refractivity contribution is 0.307. The fraction of sp³-hybridized carbons (Fsp3) is 0.0909. The first-order chi connectivity index (χ1) is 12.8. The normalized spacial score (nSPS) is 14.2. The summed E-state index contributed by atoms with van der Waals surface area (Å²) in [5, 5.41) is 0.735. The monoisotopic (exact) mass is 379 g/mol. The van der Waals surface area contributed by atoms with Crippen LogP contribution in [0.1, 0.15) is 22.3 Å². The summed E-state index contributed by atoms with van der Waals surface area (Å²) in [4.78, 5) is 0. The molecule has 3 aromatic carbocycles. The molecule has 0 amide bonds. The molecule has 1 heterocycles. The maximum absolute atomic E-state index is 6.47. The average molecular weight is 380 g/mol. The Labute approximate surface area is 163 Å². The molecule has 0 atom stereocenters. The van der Waals surface area contributed by atoms with Crippen LogP contribution < -0.4 is 9.46 Å². The molecular weight excluding hydrogens is 362 g/mol. The van der Waals surface area contributed by atoms with Crippen molar-refractivity contribution in [2.75, 3.05) is 11.0 Å². The van der Waals surface area contributed by atoms with Crippen molar-refractivity contribution >= 4 is 40.9 Å². The zero-order chi connectivity index (χ0) is 17.9. The third-order valence-corrected chi connectivity index (χ3v) is 5.17. The van der Waals surface area contributed by atoms with E-state index in [2.05, 4.69) is 47.2 Å². The van der Waals surface area contributed by atoms with Crippen molar-refractivity contribution in [3.8, 4) is 5.75 Å². The minimum Gasteiger partial charge on any atom is -0.488 e. The molecule has 0 spiro atoms. The molecule has 2 nitrogen and oxygen atoms in total. The number of halogens is 1. The molecule has 0 aliphatic carbocycles. The van der Waals surface area contributed by atoms with Gasteiger partial charge in [0.1, 0.15) is 12.4 Å². The molecule has 0 saturated carbocycles. The van der Waals surface area contributed by atoms with E-state index < -0.39 is 0 Å². The summed E-state index contributed by atoms with van der Waals surface area (Å²) in [5.41, 5.74) is 6.55. The zero-order valence-corrected chi connectivity index (χ0v) is 15.9. The highest BCUT2D eigenvalue weighted by Crippen LogP contribution is 2.39. The summed E-state index contributed by atoms with van der Waals surface area (Å²) in [6, 6.07) is 22.5. The Hall–Kier alpha value is -2.36. The number of nitrogens with one attached hydrogen (secondary N) is 1. The standard InChI is InChI=1S/C22H18ClNOS/c1-26-24-16-7-4-6-15(12-16)13-19-17-9-5-10-21(23)20(17)14-25-22-11-3-2-8-18(19)22/h2-13,24H,14H2,1H3/b19-13+. The van der Waals surface area contributed by atoms with Gasteiger partial charge in [-0.2, -0.15) is 0 Å². The molecule has 26 heavy (non-hydrogen) atoms. The van der Waals surface area contributed by atoms with Gasteiger partial charge in [-0.1, -0.05) is 66.0 Å². The molecule has 0 radical (unpaired) electrons. The second-order valence-corrected chi connectivity index (χ2v) is 7.06. The molecule has 0 unspecified atom stereocenters. The fourth-order valence-electron chi connectivity index (χ4n) is 3.20. The number of hydrogen-bond acceptors (Lipinski definition) is 3. The van der Waals surface area contributed by atoms with E-state index in [-0.39, 0.29) is 0 Å². The smallest absolute Gasteiger partial charge is 0.127 e. The maximum atomic E-state index is 6.47. The van der Waals surface area contributed by atoms with Crippen molar-refractivity contribution in [3.05, 3.63) is 94.0 Å². The molecule has 0 bridgehead atoms. The highest BCUT2D eigenvalue weighted by atomic mass is 35.5. The minimum atomic E-state index is 0.470. The first-order valence-electron chi connectivity index (χ1n) is 8.37. The topological polar surface area (TPSA) is 21.3 Å². The van der Waals surface area contributed by atoms with Gasteiger partial charge in [-0.05, 0) is 47.0 Å². The van der Waals surface area contributed by atoms with Crippen molar-refractivity contribution in [1.82, 2.24) is 0 Å². The molecule has 4 heteroatoms. The summed E-state index contributed by atoms with van der Waals surface area (Å²) in [7, 11) is 0. The van der Waals surface area contributed by atoms with Crippen molar-refractivity contribution in [2.45, 2.75) is 6.61 Å². The zero-order valence-electron chi connectivity index (χ0n) is 14.3. The second kappa shape index (κ2) is 7.48. The van der Waals surface area contributed by atoms with E-state index in [1.54, 1.807) is 11.9 Å². The Kier molecular flexibility index (Phi) is 4.91. The summed E-state index contributed by atoms with van der Waals surface area (Å²) in [6.07, 6.45) is 4.22. The molecule has 1 N–H and O–H groups in total. The van der Waals surface area contributed by atoms with Gasteiger partial charge in [0.25, 0.3) is 0 Å². The van der Waals surface area contributed by atoms with Gasteiger partial charge in [-0.3, -0.25) is 0 Å². The Morgan fingerprint density at radius 3 is 2.69 bits per heavy atom. The first-order valence-corrected chi connectivity index (χ1v) is 9.97. The highest BCUT2D eigenvalue weighted by molar-refractivity contribution is 7.99. The van der Waals surface area contributed by atoms with Gasteiger partial charge < -0.3 is 9.46 Å². The number of rotatable bonds is 3. The lowest BCUT2D eigenvalue weighted by Gasteiger charge is -2.12. The van der Waals surface area contributed by atoms with Crippen LogP contribution in [0.5, 0.6) is 5.75 Å². The van der Waals surface area contributed by atoms with Crippen LogP contribution in [0.2, 0.25) is 5.02 Å². The Morgan fingerprint density at radius 2 is 1.81 bits per heavy atom. The van der Waals surface area contributed by atoms with Gasteiger partial charge in [0.15, 0.2) is 0 Å². The molecule has 1 aliphatic heterocycles. The highest BCUT2D eigenvalue weighted by Gasteiger charge is 2.20. The van der Waals surface area contributed by atoms with E-state index >= 15 is 0 Å². The quantitative estimate of drug-likeness (QED) is 0.524. The predicted molar refractivity (Wildman–Crippen MR) is 113 cm³/mol. The molecule has 1 aliphatic rings. The van der Waals surface area contributed by atoms with E-state index in [4.69, 9.17) is 16.3 Å². The van der Waals surface area contributed by atoms with Gasteiger partial charge in [-0.25, -0.2) is 0 Å². The molecule has 0 saturated heterocycles. The Balaban J connectivity index is 1.92. The average Bonchev–Trinajstić information content (AvgIpc) is 2.81. The van der Waals surface area contributed by atoms with Crippen molar-refractivity contribution in [2.24, 2.45) is 0 Å². The number of ether oxygens (including phenoxy) is 1. The molecule has 130 valence electrons. The molecule has 0 fully saturated rings. The van der Waals surface area contributed by atoms with E-state index in [0.29, 0.717) is 6.61 Å². The lowest BCUT2D eigenvalue weighted by Crippen LogP contribution is -1.96. The van der Waals surface area contributed by atoms with Crippen LogP contribution in [-0.2, 0) is 6.61 Å². The van der Waals surface area contributed by atoms with E-state index in [1.807, 2.05) is 36.6 Å². The van der Waals surface area contributed by atoms with E-state index in [9.17, 15) is 0 Å². The Morgan fingerprint density at radius 1 is 1.00 bits per heavy atom. The molecular formula is C22H18ClNOS. The maximum Gasteiger partial charge on any atom is 0.127 e. The summed E-state index contributed by atoms with van der Waals surface area (Å²) in [6.45, 7) is 0.470. The summed E-state index contributed by atoms with van der Waals surface area (Å²) >= 11 is 8.06. The number of benzene rings is 3. The second-order valence-electron chi connectivity index (χ2n) is 6.04. The third kappa shape index (κ3) is 3.33.